The minimum Gasteiger partial charge on any atom is -0.316 e. The first-order valence-electron chi connectivity index (χ1n) is 3.99. The van der Waals surface area contributed by atoms with Gasteiger partial charge >= 0.3 is 0 Å². The molecule has 1 heteroatoms. The summed E-state index contributed by atoms with van der Waals surface area (Å²) in [5.41, 5.74) is 3.46. The highest BCUT2D eigenvalue weighted by molar-refractivity contribution is 5.43. The molecular weight excluding hydrogens is 146 g/mol. The van der Waals surface area contributed by atoms with E-state index in [0.717, 1.165) is 12.1 Å². The second-order valence-corrected chi connectivity index (χ2v) is 2.76. The van der Waals surface area contributed by atoms with E-state index in [-0.39, 0.29) is 0 Å². The summed E-state index contributed by atoms with van der Waals surface area (Å²) in [5.74, 6) is 2.67. The van der Waals surface area contributed by atoms with Crippen molar-refractivity contribution in [2.75, 3.05) is 7.05 Å². The van der Waals surface area contributed by atoms with Crippen molar-refractivity contribution in [3.63, 3.8) is 0 Å². The van der Waals surface area contributed by atoms with Crippen molar-refractivity contribution in [3.8, 4) is 12.3 Å². The van der Waals surface area contributed by atoms with Gasteiger partial charge in [0.15, 0.2) is 0 Å². The molecule has 0 heterocycles. The van der Waals surface area contributed by atoms with Crippen molar-refractivity contribution in [2.24, 2.45) is 0 Å². The summed E-state index contributed by atoms with van der Waals surface area (Å²) < 4.78 is 0. The summed E-state index contributed by atoms with van der Waals surface area (Å²) in [7, 11) is 1.93. The third-order valence-electron chi connectivity index (χ3n) is 1.97. The zero-order chi connectivity index (χ0) is 8.97. The van der Waals surface area contributed by atoms with Gasteiger partial charge in [-0.25, -0.2) is 0 Å². The van der Waals surface area contributed by atoms with Crippen LogP contribution in [0.2, 0.25) is 0 Å². The second kappa shape index (κ2) is 3.94. The number of terminal acetylenes is 1. The molecule has 1 rings (SSSR count). The standard InChI is InChI=1S/C11H13N/c1-4-10-6-5-7-11(8-12-3)9(10)2/h1,5-7,12H,8H2,2-3H3. The lowest BCUT2D eigenvalue weighted by atomic mass is 10.0. The fraction of sp³-hybridized carbons (Fsp3) is 0.273. The Bertz CT molecular complexity index is 307. The molecule has 0 amide bonds. The maximum atomic E-state index is 5.35. The smallest absolute Gasteiger partial charge is 0.0275 e. The number of hydrogen-bond acceptors (Lipinski definition) is 1. The van der Waals surface area contributed by atoms with Crippen LogP contribution in [0.4, 0.5) is 0 Å². The molecule has 1 nitrogen and oxygen atoms in total. The molecule has 0 spiro atoms. The lowest BCUT2D eigenvalue weighted by molar-refractivity contribution is 0.811. The summed E-state index contributed by atoms with van der Waals surface area (Å²) in [6.07, 6.45) is 5.35. The van der Waals surface area contributed by atoms with E-state index in [1.807, 2.05) is 19.2 Å². The normalized spacial score (nSPS) is 9.42. The van der Waals surface area contributed by atoms with Gasteiger partial charge in [-0.15, -0.1) is 6.42 Å². The quantitative estimate of drug-likeness (QED) is 0.647. The average molecular weight is 159 g/mol. The van der Waals surface area contributed by atoms with Gasteiger partial charge in [0.1, 0.15) is 0 Å². The van der Waals surface area contributed by atoms with Gasteiger partial charge in [0, 0.05) is 12.1 Å². The molecule has 0 aliphatic rings. The molecule has 12 heavy (non-hydrogen) atoms. The molecule has 1 aromatic rings. The van der Waals surface area contributed by atoms with E-state index in [9.17, 15) is 0 Å². The summed E-state index contributed by atoms with van der Waals surface area (Å²) in [5, 5.41) is 3.11. The zero-order valence-corrected chi connectivity index (χ0v) is 7.52. The molecule has 0 fully saturated rings. The van der Waals surface area contributed by atoms with Crippen LogP contribution in [0.15, 0.2) is 18.2 Å². The largest absolute Gasteiger partial charge is 0.316 e. The van der Waals surface area contributed by atoms with E-state index in [2.05, 4.69) is 24.2 Å². The van der Waals surface area contributed by atoms with Crippen molar-refractivity contribution in [1.82, 2.24) is 5.32 Å². The summed E-state index contributed by atoms with van der Waals surface area (Å²) in [6.45, 7) is 2.93. The predicted octanol–water partition coefficient (Wildman–Crippen LogP) is 1.70. The van der Waals surface area contributed by atoms with E-state index in [4.69, 9.17) is 6.42 Å². The van der Waals surface area contributed by atoms with Gasteiger partial charge in [0.05, 0.1) is 0 Å². The van der Waals surface area contributed by atoms with E-state index in [1.54, 1.807) is 0 Å². The molecule has 0 radical (unpaired) electrons. The van der Waals surface area contributed by atoms with Crippen LogP contribution in [0.5, 0.6) is 0 Å². The second-order valence-electron chi connectivity index (χ2n) is 2.76. The Labute approximate surface area is 73.8 Å². The number of hydrogen-bond donors (Lipinski definition) is 1. The SMILES string of the molecule is C#Cc1cccc(CNC)c1C. The first kappa shape index (κ1) is 8.83. The molecule has 0 unspecified atom stereocenters. The molecule has 0 bridgehead atoms. The fourth-order valence-corrected chi connectivity index (χ4v) is 1.22. The molecule has 0 saturated carbocycles. The highest BCUT2D eigenvalue weighted by Gasteiger charge is 1.99. The van der Waals surface area contributed by atoms with Crippen LogP contribution in [-0.4, -0.2) is 7.05 Å². The van der Waals surface area contributed by atoms with E-state index in [1.165, 1.54) is 11.1 Å². The van der Waals surface area contributed by atoms with Crippen molar-refractivity contribution in [1.29, 1.82) is 0 Å². The molecule has 0 aliphatic carbocycles. The van der Waals surface area contributed by atoms with Crippen molar-refractivity contribution in [2.45, 2.75) is 13.5 Å². The van der Waals surface area contributed by atoms with E-state index >= 15 is 0 Å². The molecule has 1 aromatic carbocycles. The minimum absolute atomic E-state index is 0.876. The average Bonchev–Trinajstić information content (AvgIpc) is 2.09. The number of rotatable bonds is 2. The van der Waals surface area contributed by atoms with Crippen molar-refractivity contribution in [3.05, 3.63) is 34.9 Å². The van der Waals surface area contributed by atoms with Gasteiger partial charge in [-0.3, -0.25) is 0 Å². The van der Waals surface area contributed by atoms with Crippen molar-refractivity contribution >= 4 is 0 Å². The molecule has 1 N–H and O–H groups in total. The van der Waals surface area contributed by atoms with Crippen LogP contribution in [0.25, 0.3) is 0 Å². The monoisotopic (exact) mass is 159 g/mol. The highest BCUT2D eigenvalue weighted by Crippen LogP contribution is 2.11. The predicted molar refractivity (Wildman–Crippen MR) is 51.9 cm³/mol. The molecule has 0 aromatic heterocycles. The number of nitrogens with one attached hydrogen (secondary N) is 1. The Kier molecular flexibility index (Phi) is 2.90. The minimum atomic E-state index is 0.876. The van der Waals surface area contributed by atoms with E-state index in [0.29, 0.717) is 0 Å². The fourth-order valence-electron chi connectivity index (χ4n) is 1.22. The Morgan fingerprint density at radius 1 is 1.50 bits per heavy atom. The molecule has 0 saturated heterocycles. The van der Waals surface area contributed by atoms with Gasteiger partial charge in [-0.2, -0.15) is 0 Å². The molecule has 0 atom stereocenters. The van der Waals surface area contributed by atoms with Crippen LogP contribution in [-0.2, 0) is 6.54 Å². The summed E-state index contributed by atoms with van der Waals surface area (Å²) in [6, 6.07) is 6.05. The van der Waals surface area contributed by atoms with E-state index < -0.39 is 0 Å². The Hall–Kier alpha value is -1.26. The topological polar surface area (TPSA) is 12.0 Å². The van der Waals surface area contributed by atoms with Gasteiger partial charge in [0.25, 0.3) is 0 Å². The third kappa shape index (κ3) is 1.66. The maximum Gasteiger partial charge on any atom is 0.0275 e. The summed E-state index contributed by atoms with van der Waals surface area (Å²) in [4.78, 5) is 0. The van der Waals surface area contributed by atoms with Gasteiger partial charge in [-0.1, -0.05) is 18.1 Å². The first-order chi connectivity index (χ1) is 5.79. The first-order valence-corrected chi connectivity index (χ1v) is 3.99. The van der Waals surface area contributed by atoms with Crippen LogP contribution >= 0.6 is 0 Å². The third-order valence-corrected chi connectivity index (χ3v) is 1.97. The zero-order valence-electron chi connectivity index (χ0n) is 7.52. The Balaban J connectivity index is 3.07. The molecule has 62 valence electrons. The maximum absolute atomic E-state index is 5.35. The molecule has 0 aliphatic heterocycles. The van der Waals surface area contributed by atoms with Crippen LogP contribution in [0.1, 0.15) is 16.7 Å². The highest BCUT2D eigenvalue weighted by atomic mass is 14.8. The Morgan fingerprint density at radius 3 is 2.83 bits per heavy atom. The van der Waals surface area contributed by atoms with Gasteiger partial charge in [-0.05, 0) is 31.2 Å². The lowest BCUT2D eigenvalue weighted by Crippen LogP contribution is -2.07. The number of benzene rings is 1. The van der Waals surface area contributed by atoms with Crippen LogP contribution < -0.4 is 5.32 Å². The Morgan fingerprint density at radius 2 is 2.25 bits per heavy atom. The van der Waals surface area contributed by atoms with Crippen LogP contribution in [0, 0.1) is 19.3 Å². The summed E-state index contributed by atoms with van der Waals surface area (Å²) >= 11 is 0. The van der Waals surface area contributed by atoms with Crippen LogP contribution in [0.3, 0.4) is 0 Å². The lowest BCUT2D eigenvalue weighted by Gasteiger charge is -2.06. The molecular formula is C11H13N. The van der Waals surface area contributed by atoms with Crippen molar-refractivity contribution < 1.29 is 0 Å². The van der Waals surface area contributed by atoms with Gasteiger partial charge in [0.2, 0.25) is 0 Å². The van der Waals surface area contributed by atoms with Gasteiger partial charge < -0.3 is 5.32 Å².